The first-order chi connectivity index (χ1) is 8.60. The van der Waals surface area contributed by atoms with Crippen molar-refractivity contribution < 1.29 is 24.1 Å². The van der Waals surface area contributed by atoms with E-state index in [9.17, 15) is 5.11 Å². The van der Waals surface area contributed by atoms with Crippen molar-refractivity contribution in [3.05, 3.63) is 0 Å². The third-order valence-corrected chi connectivity index (χ3v) is 3.77. The summed E-state index contributed by atoms with van der Waals surface area (Å²) < 4.78 is 22.5. The zero-order chi connectivity index (χ0) is 13.1. The first-order valence-corrected chi connectivity index (χ1v) is 6.77. The van der Waals surface area contributed by atoms with Gasteiger partial charge in [0.25, 0.3) is 0 Å². The number of hydrogen-bond acceptors (Lipinski definition) is 5. The highest BCUT2D eigenvalue weighted by atomic mass is 16.7. The molecule has 0 bridgehead atoms. The summed E-state index contributed by atoms with van der Waals surface area (Å²) in [4.78, 5) is 0. The maximum atomic E-state index is 9.60. The van der Waals surface area contributed by atoms with E-state index in [-0.39, 0.29) is 37.0 Å². The third-order valence-electron chi connectivity index (χ3n) is 3.77. The van der Waals surface area contributed by atoms with Gasteiger partial charge < -0.3 is 24.1 Å². The van der Waals surface area contributed by atoms with Crippen molar-refractivity contribution in [2.45, 2.75) is 76.5 Å². The number of aliphatic hydroxyl groups is 1. The number of aliphatic hydroxyl groups excluding tert-OH is 1. The van der Waals surface area contributed by atoms with Crippen LogP contribution in [-0.4, -0.2) is 49.2 Å². The van der Waals surface area contributed by atoms with Crippen molar-refractivity contribution >= 4 is 0 Å². The summed E-state index contributed by atoms with van der Waals surface area (Å²) in [5, 5.41) is 9.60. The van der Waals surface area contributed by atoms with Crippen LogP contribution in [0.2, 0.25) is 0 Å². The van der Waals surface area contributed by atoms with Crippen molar-refractivity contribution in [3.63, 3.8) is 0 Å². The SMILES string of the molecule is CO[C@H]1CC[C@H](O[C@H]2CC[C@H](O)[C@H](C)O2)[C@H](C)O1. The van der Waals surface area contributed by atoms with Crippen molar-refractivity contribution in [3.8, 4) is 0 Å². The second-order valence-electron chi connectivity index (χ2n) is 5.17. The Labute approximate surface area is 108 Å². The Morgan fingerprint density at radius 2 is 1.61 bits per heavy atom. The first-order valence-electron chi connectivity index (χ1n) is 6.77. The molecule has 0 radical (unpaired) electrons. The second kappa shape index (κ2) is 6.30. The molecule has 1 N–H and O–H groups in total. The molecule has 0 aromatic carbocycles. The Hall–Kier alpha value is -0.200. The van der Waals surface area contributed by atoms with E-state index in [2.05, 4.69) is 0 Å². The molecule has 0 aromatic heterocycles. The Kier molecular flexibility index (Phi) is 4.98. The normalized spacial score (nSPS) is 46.0. The molecule has 0 amide bonds. The van der Waals surface area contributed by atoms with Gasteiger partial charge in [-0.25, -0.2) is 0 Å². The van der Waals surface area contributed by atoms with Crippen molar-refractivity contribution in [1.29, 1.82) is 0 Å². The Bertz CT molecular complexity index is 260. The van der Waals surface area contributed by atoms with E-state index in [4.69, 9.17) is 18.9 Å². The summed E-state index contributed by atoms with van der Waals surface area (Å²) in [6.45, 7) is 3.87. The maximum Gasteiger partial charge on any atom is 0.158 e. The van der Waals surface area contributed by atoms with Gasteiger partial charge in [0.1, 0.15) is 0 Å². The monoisotopic (exact) mass is 260 g/mol. The minimum absolute atomic E-state index is 0.00876. The van der Waals surface area contributed by atoms with Gasteiger partial charge in [-0.15, -0.1) is 0 Å². The van der Waals surface area contributed by atoms with Gasteiger partial charge >= 0.3 is 0 Å². The third kappa shape index (κ3) is 3.42. The molecule has 6 atom stereocenters. The van der Waals surface area contributed by atoms with Gasteiger partial charge in [-0.1, -0.05) is 0 Å². The molecule has 2 heterocycles. The Morgan fingerprint density at radius 3 is 2.22 bits per heavy atom. The fourth-order valence-electron chi connectivity index (χ4n) is 2.52. The molecule has 18 heavy (non-hydrogen) atoms. The van der Waals surface area contributed by atoms with E-state index in [1.165, 1.54) is 0 Å². The van der Waals surface area contributed by atoms with Gasteiger partial charge in [-0.2, -0.15) is 0 Å². The van der Waals surface area contributed by atoms with Crippen LogP contribution in [-0.2, 0) is 18.9 Å². The Balaban J connectivity index is 1.79. The summed E-state index contributed by atoms with van der Waals surface area (Å²) in [7, 11) is 1.66. The van der Waals surface area contributed by atoms with Crippen molar-refractivity contribution in [2.75, 3.05) is 7.11 Å². The van der Waals surface area contributed by atoms with Gasteiger partial charge in [-0.05, 0) is 26.7 Å². The second-order valence-corrected chi connectivity index (χ2v) is 5.17. The maximum absolute atomic E-state index is 9.60. The van der Waals surface area contributed by atoms with Crippen LogP contribution >= 0.6 is 0 Å². The fourth-order valence-corrected chi connectivity index (χ4v) is 2.52. The molecular weight excluding hydrogens is 236 g/mol. The van der Waals surface area contributed by atoms with Crippen LogP contribution in [0.3, 0.4) is 0 Å². The lowest BCUT2D eigenvalue weighted by atomic mass is 10.0. The van der Waals surface area contributed by atoms with E-state index in [0.717, 1.165) is 25.7 Å². The lowest BCUT2D eigenvalue weighted by molar-refractivity contribution is -0.278. The van der Waals surface area contributed by atoms with Crippen LogP contribution in [0.15, 0.2) is 0 Å². The minimum atomic E-state index is -0.372. The molecule has 0 saturated carbocycles. The summed E-state index contributed by atoms with van der Waals surface area (Å²) >= 11 is 0. The zero-order valence-corrected chi connectivity index (χ0v) is 11.4. The van der Waals surface area contributed by atoms with Gasteiger partial charge in [0, 0.05) is 20.0 Å². The molecule has 2 fully saturated rings. The van der Waals surface area contributed by atoms with E-state index in [0.29, 0.717) is 0 Å². The molecule has 0 spiro atoms. The minimum Gasteiger partial charge on any atom is -0.390 e. The predicted molar refractivity (Wildman–Crippen MR) is 65.0 cm³/mol. The molecule has 2 aliphatic rings. The molecule has 0 unspecified atom stereocenters. The molecule has 2 rings (SSSR count). The van der Waals surface area contributed by atoms with Gasteiger partial charge in [0.05, 0.1) is 24.4 Å². The molecule has 2 saturated heterocycles. The molecule has 2 aliphatic heterocycles. The fraction of sp³-hybridized carbons (Fsp3) is 1.00. The smallest absolute Gasteiger partial charge is 0.158 e. The van der Waals surface area contributed by atoms with Gasteiger partial charge in [-0.3, -0.25) is 0 Å². The highest BCUT2D eigenvalue weighted by Crippen LogP contribution is 2.27. The molecule has 0 aliphatic carbocycles. The number of ether oxygens (including phenoxy) is 4. The lowest BCUT2D eigenvalue weighted by Gasteiger charge is -2.38. The van der Waals surface area contributed by atoms with Crippen LogP contribution in [0, 0.1) is 0 Å². The van der Waals surface area contributed by atoms with E-state index < -0.39 is 0 Å². The van der Waals surface area contributed by atoms with Crippen molar-refractivity contribution in [1.82, 2.24) is 0 Å². The molecule has 106 valence electrons. The number of rotatable bonds is 3. The average molecular weight is 260 g/mol. The predicted octanol–water partition coefficient (Wildman–Crippen LogP) is 1.43. The summed E-state index contributed by atoms with van der Waals surface area (Å²) in [5.41, 5.74) is 0. The molecule has 0 aromatic rings. The highest BCUT2D eigenvalue weighted by molar-refractivity contribution is 4.77. The van der Waals surface area contributed by atoms with E-state index in [1.807, 2.05) is 13.8 Å². The lowest BCUT2D eigenvalue weighted by Crippen LogP contribution is -2.45. The number of methoxy groups -OCH3 is 1. The molecule has 5 nitrogen and oxygen atoms in total. The first kappa shape index (κ1) is 14.2. The largest absolute Gasteiger partial charge is 0.390 e. The van der Waals surface area contributed by atoms with Gasteiger partial charge in [0.15, 0.2) is 12.6 Å². The highest BCUT2D eigenvalue weighted by Gasteiger charge is 2.34. The molecule has 5 heteroatoms. The summed E-state index contributed by atoms with van der Waals surface area (Å²) in [6.07, 6.45) is 2.41. The Morgan fingerprint density at radius 1 is 0.944 bits per heavy atom. The van der Waals surface area contributed by atoms with Crippen LogP contribution in [0.4, 0.5) is 0 Å². The standard InChI is InChI=1S/C13H24O5/c1-8-10(14)4-6-13(16-8)18-11-5-7-12(15-3)17-9(11)2/h8-14H,4-7H2,1-3H3/t8-,9-,10-,11-,12+,13-/m0/s1. The van der Waals surface area contributed by atoms with Crippen LogP contribution in [0.5, 0.6) is 0 Å². The van der Waals surface area contributed by atoms with E-state index >= 15 is 0 Å². The summed E-state index contributed by atoms with van der Waals surface area (Å²) in [6, 6.07) is 0. The van der Waals surface area contributed by atoms with Crippen LogP contribution in [0.25, 0.3) is 0 Å². The molecular formula is C13H24O5. The van der Waals surface area contributed by atoms with Crippen molar-refractivity contribution in [2.24, 2.45) is 0 Å². The van der Waals surface area contributed by atoms with E-state index in [1.54, 1.807) is 7.11 Å². The summed E-state index contributed by atoms with van der Waals surface area (Å²) in [5.74, 6) is 0. The zero-order valence-electron chi connectivity index (χ0n) is 11.4. The van der Waals surface area contributed by atoms with Gasteiger partial charge in [0.2, 0.25) is 0 Å². The number of hydrogen-bond donors (Lipinski definition) is 1. The van der Waals surface area contributed by atoms with Crippen LogP contribution in [0.1, 0.15) is 39.5 Å². The van der Waals surface area contributed by atoms with Crippen LogP contribution < -0.4 is 0 Å². The topological polar surface area (TPSA) is 57.2 Å². The quantitative estimate of drug-likeness (QED) is 0.832. The average Bonchev–Trinajstić information content (AvgIpc) is 2.36.